The van der Waals surface area contributed by atoms with E-state index in [0.29, 0.717) is 17.3 Å². The average Bonchev–Trinajstić information content (AvgIpc) is 3.49. The molecule has 0 bridgehead atoms. The molecule has 0 amide bonds. The lowest BCUT2D eigenvalue weighted by atomic mass is 10.0. The van der Waals surface area contributed by atoms with Gasteiger partial charge in [-0.05, 0) is 72.4 Å². The van der Waals surface area contributed by atoms with Gasteiger partial charge in [0.1, 0.15) is 5.75 Å². The van der Waals surface area contributed by atoms with Crippen LogP contribution in [0.5, 0.6) is 5.75 Å². The number of benzene rings is 2. The number of nitrogens with one attached hydrogen (secondary N) is 1. The van der Waals surface area contributed by atoms with Crippen molar-refractivity contribution < 1.29 is 17.9 Å². The van der Waals surface area contributed by atoms with Gasteiger partial charge in [0.05, 0.1) is 30.5 Å². The molecule has 1 aliphatic rings. The van der Waals surface area contributed by atoms with Crippen LogP contribution >= 0.6 is 12.2 Å². The molecule has 2 aromatic heterocycles. The van der Waals surface area contributed by atoms with Gasteiger partial charge in [-0.1, -0.05) is 24.3 Å². The zero-order valence-electron chi connectivity index (χ0n) is 19.3. The number of halogens is 3. The quantitative estimate of drug-likeness (QED) is 0.320. The van der Waals surface area contributed by atoms with E-state index in [9.17, 15) is 13.2 Å². The van der Waals surface area contributed by atoms with Crippen LogP contribution in [0.4, 0.5) is 13.2 Å². The van der Waals surface area contributed by atoms with E-state index in [0.717, 1.165) is 34.8 Å². The number of nitrogens with zero attached hydrogens (tertiary/aromatic N) is 3. The van der Waals surface area contributed by atoms with Crippen molar-refractivity contribution in [1.82, 2.24) is 19.8 Å². The summed E-state index contributed by atoms with van der Waals surface area (Å²) >= 11 is 5.75. The summed E-state index contributed by atoms with van der Waals surface area (Å²) in [7, 11) is 1.62. The highest BCUT2D eigenvalue weighted by Crippen LogP contribution is 2.41. The third kappa shape index (κ3) is 4.66. The molecule has 1 fully saturated rings. The number of alkyl halides is 3. The van der Waals surface area contributed by atoms with Crippen LogP contribution in [0.25, 0.3) is 5.69 Å². The van der Waals surface area contributed by atoms with Gasteiger partial charge in [0.15, 0.2) is 5.11 Å². The SMILES string of the molecule is COc1ccc(CN2C(=S)NC(c3ccccn3)C2c2cccn2-c2cccc(C(F)(F)F)c2)cc1. The number of aromatic nitrogens is 2. The van der Waals surface area contributed by atoms with Gasteiger partial charge in [0.25, 0.3) is 0 Å². The number of rotatable bonds is 6. The first-order chi connectivity index (χ1) is 17.3. The molecule has 5 rings (SSSR count). The van der Waals surface area contributed by atoms with Crippen LogP contribution in [0, 0.1) is 0 Å². The van der Waals surface area contributed by atoms with E-state index in [1.807, 2.05) is 54.6 Å². The molecular weight excluding hydrogens is 485 g/mol. The van der Waals surface area contributed by atoms with Crippen molar-refractivity contribution in [2.75, 3.05) is 7.11 Å². The van der Waals surface area contributed by atoms with E-state index >= 15 is 0 Å². The fourth-order valence-corrected chi connectivity index (χ4v) is 4.83. The summed E-state index contributed by atoms with van der Waals surface area (Å²) in [6.07, 6.45) is -0.945. The van der Waals surface area contributed by atoms with Gasteiger partial charge < -0.3 is 19.5 Å². The molecule has 0 radical (unpaired) electrons. The molecule has 2 unspecified atom stereocenters. The normalized spacial score (nSPS) is 17.8. The van der Waals surface area contributed by atoms with Crippen LogP contribution in [-0.4, -0.2) is 26.7 Å². The Morgan fingerprint density at radius 3 is 2.50 bits per heavy atom. The topological polar surface area (TPSA) is 42.3 Å². The zero-order valence-corrected chi connectivity index (χ0v) is 20.1. The molecular formula is C27H23F3N4OS. The lowest BCUT2D eigenvalue weighted by Crippen LogP contribution is -2.30. The molecule has 5 nitrogen and oxygen atoms in total. The number of thiocarbonyl (C=S) groups is 1. The van der Waals surface area contributed by atoms with Crippen molar-refractivity contribution in [2.45, 2.75) is 24.8 Å². The van der Waals surface area contributed by atoms with Crippen molar-refractivity contribution in [2.24, 2.45) is 0 Å². The Hall–Kier alpha value is -3.85. The summed E-state index contributed by atoms with van der Waals surface area (Å²) in [6, 6.07) is 21.8. The van der Waals surface area contributed by atoms with Gasteiger partial charge in [-0.2, -0.15) is 13.2 Å². The predicted molar refractivity (Wildman–Crippen MR) is 135 cm³/mol. The lowest BCUT2D eigenvalue weighted by Gasteiger charge is -2.29. The average molecular weight is 509 g/mol. The van der Waals surface area contributed by atoms with Crippen molar-refractivity contribution >= 4 is 17.3 Å². The molecule has 0 saturated carbocycles. The van der Waals surface area contributed by atoms with Crippen LogP contribution in [-0.2, 0) is 12.7 Å². The van der Waals surface area contributed by atoms with Crippen molar-refractivity contribution in [3.8, 4) is 11.4 Å². The molecule has 0 aliphatic carbocycles. The van der Waals surface area contributed by atoms with Gasteiger partial charge in [-0.3, -0.25) is 4.98 Å². The minimum Gasteiger partial charge on any atom is -0.497 e. The molecule has 36 heavy (non-hydrogen) atoms. The minimum absolute atomic E-state index is 0.295. The zero-order chi connectivity index (χ0) is 25.3. The summed E-state index contributed by atoms with van der Waals surface area (Å²) in [4.78, 5) is 6.60. The van der Waals surface area contributed by atoms with E-state index in [4.69, 9.17) is 17.0 Å². The molecule has 1 N–H and O–H groups in total. The second-order valence-electron chi connectivity index (χ2n) is 8.45. The highest BCUT2D eigenvalue weighted by Gasteiger charge is 2.41. The molecule has 184 valence electrons. The van der Waals surface area contributed by atoms with Crippen LogP contribution < -0.4 is 10.1 Å². The first-order valence-electron chi connectivity index (χ1n) is 11.3. The Balaban J connectivity index is 1.58. The molecule has 2 atom stereocenters. The fraction of sp³-hybridized carbons (Fsp3) is 0.185. The number of hydrogen-bond acceptors (Lipinski definition) is 3. The maximum Gasteiger partial charge on any atom is 0.416 e. The maximum absolute atomic E-state index is 13.4. The predicted octanol–water partition coefficient (Wildman–Crippen LogP) is 6.07. The van der Waals surface area contributed by atoms with Gasteiger partial charge in [-0.15, -0.1) is 0 Å². The number of hydrogen-bond donors (Lipinski definition) is 1. The van der Waals surface area contributed by atoms with Gasteiger partial charge in [0.2, 0.25) is 0 Å². The van der Waals surface area contributed by atoms with Gasteiger partial charge >= 0.3 is 6.18 Å². The fourth-order valence-electron chi connectivity index (χ4n) is 4.53. The van der Waals surface area contributed by atoms with E-state index in [1.165, 1.54) is 6.07 Å². The standard InChI is InChI=1S/C27H23F3N4OS/c1-35-21-12-10-18(11-13-21)17-34-25(24(32-26(34)36)22-8-2-3-14-31-22)23-9-5-15-33(23)20-7-4-6-19(16-20)27(28,29)30/h2-16,24-25H,17H2,1H3,(H,32,36). The molecule has 4 aromatic rings. The molecule has 1 aliphatic heterocycles. The van der Waals surface area contributed by atoms with E-state index in [1.54, 1.807) is 30.1 Å². The Kier molecular flexibility index (Phi) is 6.40. The Morgan fingerprint density at radius 1 is 1.00 bits per heavy atom. The molecule has 9 heteroatoms. The summed E-state index contributed by atoms with van der Waals surface area (Å²) in [5, 5.41) is 3.94. The summed E-state index contributed by atoms with van der Waals surface area (Å²) in [5.74, 6) is 0.752. The summed E-state index contributed by atoms with van der Waals surface area (Å²) < 4.78 is 47.4. The Labute approximate surface area is 212 Å². The maximum atomic E-state index is 13.4. The number of pyridine rings is 1. The lowest BCUT2D eigenvalue weighted by molar-refractivity contribution is -0.137. The van der Waals surface area contributed by atoms with Crippen molar-refractivity contribution in [3.63, 3.8) is 0 Å². The third-order valence-electron chi connectivity index (χ3n) is 6.24. The van der Waals surface area contributed by atoms with Crippen LogP contribution in [0.1, 0.15) is 34.6 Å². The highest BCUT2D eigenvalue weighted by molar-refractivity contribution is 7.80. The monoisotopic (exact) mass is 508 g/mol. The van der Waals surface area contributed by atoms with Crippen molar-refractivity contribution in [1.29, 1.82) is 0 Å². The largest absolute Gasteiger partial charge is 0.497 e. The molecule has 2 aromatic carbocycles. The van der Waals surface area contributed by atoms with Crippen LogP contribution in [0.15, 0.2) is 91.3 Å². The van der Waals surface area contributed by atoms with E-state index in [-0.39, 0.29) is 12.1 Å². The van der Waals surface area contributed by atoms with Crippen LogP contribution in [0.2, 0.25) is 0 Å². The molecule has 0 spiro atoms. The van der Waals surface area contributed by atoms with E-state index < -0.39 is 11.7 Å². The Morgan fingerprint density at radius 2 is 1.81 bits per heavy atom. The molecule has 1 saturated heterocycles. The van der Waals surface area contributed by atoms with E-state index in [2.05, 4.69) is 15.2 Å². The second-order valence-corrected chi connectivity index (χ2v) is 8.84. The first kappa shape index (κ1) is 23.9. The summed E-state index contributed by atoms with van der Waals surface area (Å²) in [5.41, 5.74) is 2.33. The number of ether oxygens (including phenoxy) is 1. The van der Waals surface area contributed by atoms with Crippen LogP contribution in [0.3, 0.4) is 0 Å². The van der Waals surface area contributed by atoms with Gasteiger partial charge in [-0.25, -0.2) is 0 Å². The smallest absolute Gasteiger partial charge is 0.416 e. The summed E-state index contributed by atoms with van der Waals surface area (Å²) in [6.45, 7) is 0.498. The Bertz CT molecular complexity index is 1360. The first-order valence-corrected chi connectivity index (χ1v) is 11.7. The molecule has 3 heterocycles. The van der Waals surface area contributed by atoms with Crippen molar-refractivity contribution in [3.05, 3.63) is 114 Å². The third-order valence-corrected chi connectivity index (χ3v) is 6.60. The highest BCUT2D eigenvalue weighted by atomic mass is 32.1. The number of methoxy groups -OCH3 is 1. The second kappa shape index (κ2) is 9.66. The minimum atomic E-state index is -4.43. The van der Waals surface area contributed by atoms with Gasteiger partial charge in [0, 0.05) is 30.3 Å².